The van der Waals surface area contributed by atoms with Gasteiger partial charge in [0.1, 0.15) is 0 Å². The number of hydrogen-bond donors (Lipinski definition) is 2. The molecule has 0 saturated carbocycles. The average Bonchev–Trinajstić information content (AvgIpc) is 2.77. The summed E-state index contributed by atoms with van der Waals surface area (Å²) in [7, 11) is 0. The Morgan fingerprint density at radius 2 is 1.45 bits per heavy atom. The van der Waals surface area contributed by atoms with Crippen LogP contribution >= 0.6 is 0 Å². The quantitative estimate of drug-likeness (QED) is 0.487. The van der Waals surface area contributed by atoms with Gasteiger partial charge in [0.15, 0.2) is 0 Å². The van der Waals surface area contributed by atoms with E-state index in [2.05, 4.69) is 23.3 Å². The molecule has 0 radical (unpaired) electrons. The molecule has 1 aromatic heterocycles. The summed E-state index contributed by atoms with van der Waals surface area (Å²) < 4.78 is 0. The van der Waals surface area contributed by atoms with Crippen molar-refractivity contribution < 1.29 is 4.79 Å². The SMILES string of the molecule is Cc1cc2cc(CCNC(=O)C(c3ccccc3)c3ccccc3)c(=O)[nH]c2cc1C. The minimum atomic E-state index is -0.386. The molecule has 0 aliphatic heterocycles. The van der Waals surface area contributed by atoms with Crippen LogP contribution in [0.3, 0.4) is 0 Å². The molecular weight excluding hydrogens is 384 g/mol. The lowest BCUT2D eigenvalue weighted by molar-refractivity contribution is -0.121. The van der Waals surface area contributed by atoms with Gasteiger partial charge in [0.2, 0.25) is 5.91 Å². The highest BCUT2D eigenvalue weighted by Crippen LogP contribution is 2.24. The summed E-state index contributed by atoms with van der Waals surface area (Å²) in [6.45, 7) is 4.49. The van der Waals surface area contributed by atoms with Crippen LogP contribution in [-0.2, 0) is 11.2 Å². The summed E-state index contributed by atoms with van der Waals surface area (Å²) >= 11 is 0. The highest BCUT2D eigenvalue weighted by atomic mass is 16.2. The highest BCUT2D eigenvalue weighted by Gasteiger charge is 2.22. The molecule has 0 atom stereocenters. The first-order valence-electron chi connectivity index (χ1n) is 10.5. The van der Waals surface area contributed by atoms with Gasteiger partial charge in [-0.1, -0.05) is 60.7 Å². The van der Waals surface area contributed by atoms with E-state index in [1.54, 1.807) is 0 Å². The Kier molecular flexibility index (Phi) is 5.99. The second-order valence-corrected chi connectivity index (χ2v) is 7.94. The molecule has 4 aromatic rings. The Hall–Kier alpha value is -3.66. The molecule has 4 rings (SSSR count). The summed E-state index contributed by atoms with van der Waals surface area (Å²) in [6.07, 6.45) is 0.472. The Morgan fingerprint density at radius 3 is 2.06 bits per heavy atom. The van der Waals surface area contributed by atoms with Crippen molar-refractivity contribution in [3.05, 3.63) is 117 Å². The van der Waals surface area contributed by atoms with E-state index in [4.69, 9.17) is 0 Å². The minimum absolute atomic E-state index is 0.0684. The molecule has 1 amide bonds. The number of pyridine rings is 1. The van der Waals surface area contributed by atoms with Crippen molar-refractivity contribution in [3.8, 4) is 0 Å². The molecule has 1 heterocycles. The molecule has 0 aliphatic rings. The Bertz CT molecular complexity index is 1220. The van der Waals surface area contributed by atoms with Gasteiger partial charge in [-0.05, 0) is 66.1 Å². The number of aromatic nitrogens is 1. The number of benzene rings is 3. The largest absolute Gasteiger partial charge is 0.355 e. The molecule has 3 aromatic carbocycles. The normalized spacial score (nSPS) is 11.1. The van der Waals surface area contributed by atoms with Crippen LogP contribution in [0.4, 0.5) is 0 Å². The zero-order valence-electron chi connectivity index (χ0n) is 17.8. The maximum absolute atomic E-state index is 13.1. The Labute approximate surface area is 182 Å². The third-order valence-electron chi connectivity index (χ3n) is 5.76. The number of fused-ring (bicyclic) bond motifs is 1. The molecule has 0 bridgehead atoms. The Morgan fingerprint density at radius 1 is 0.871 bits per heavy atom. The van der Waals surface area contributed by atoms with Gasteiger partial charge in [0.25, 0.3) is 5.56 Å². The third kappa shape index (κ3) is 4.58. The molecule has 0 saturated heterocycles. The monoisotopic (exact) mass is 410 g/mol. The van der Waals surface area contributed by atoms with Gasteiger partial charge >= 0.3 is 0 Å². The summed E-state index contributed by atoms with van der Waals surface area (Å²) in [5.74, 6) is -0.455. The molecule has 0 spiro atoms. The molecule has 31 heavy (non-hydrogen) atoms. The molecule has 4 nitrogen and oxygen atoms in total. The van der Waals surface area contributed by atoms with Crippen LogP contribution in [0, 0.1) is 13.8 Å². The topological polar surface area (TPSA) is 62.0 Å². The van der Waals surface area contributed by atoms with Gasteiger partial charge in [0.05, 0.1) is 5.92 Å². The number of rotatable bonds is 6. The van der Waals surface area contributed by atoms with E-state index in [0.717, 1.165) is 27.6 Å². The van der Waals surface area contributed by atoms with Crippen LogP contribution < -0.4 is 10.9 Å². The summed E-state index contributed by atoms with van der Waals surface area (Å²) in [4.78, 5) is 28.6. The van der Waals surface area contributed by atoms with Gasteiger partial charge < -0.3 is 10.3 Å². The van der Waals surface area contributed by atoms with Crippen LogP contribution in [0.25, 0.3) is 10.9 Å². The second kappa shape index (κ2) is 9.00. The van der Waals surface area contributed by atoms with E-state index in [9.17, 15) is 9.59 Å². The Balaban J connectivity index is 1.52. The molecule has 156 valence electrons. The fourth-order valence-electron chi connectivity index (χ4n) is 3.92. The van der Waals surface area contributed by atoms with Crippen molar-refractivity contribution >= 4 is 16.8 Å². The minimum Gasteiger partial charge on any atom is -0.355 e. The van der Waals surface area contributed by atoms with Crippen LogP contribution in [0.5, 0.6) is 0 Å². The average molecular weight is 411 g/mol. The fourth-order valence-corrected chi connectivity index (χ4v) is 3.92. The number of nitrogens with one attached hydrogen (secondary N) is 2. The maximum Gasteiger partial charge on any atom is 0.251 e. The molecule has 4 heteroatoms. The van der Waals surface area contributed by atoms with Gasteiger partial charge in [-0.2, -0.15) is 0 Å². The standard InChI is InChI=1S/C27H26N2O2/c1-18-15-23-17-22(26(30)29-24(23)16-19(18)2)13-14-28-27(31)25(20-9-5-3-6-10-20)21-11-7-4-8-12-21/h3-12,15-17,25H,13-14H2,1-2H3,(H,28,31)(H,29,30). The summed E-state index contributed by atoms with van der Waals surface area (Å²) in [5.41, 5.74) is 5.64. The zero-order valence-corrected chi connectivity index (χ0v) is 17.8. The lowest BCUT2D eigenvalue weighted by Gasteiger charge is -2.18. The molecular formula is C27H26N2O2. The smallest absolute Gasteiger partial charge is 0.251 e. The van der Waals surface area contributed by atoms with Crippen molar-refractivity contribution in [2.45, 2.75) is 26.2 Å². The predicted molar refractivity (Wildman–Crippen MR) is 125 cm³/mol. The number of aryl methyl sites for hydroxylation is 2. The first-order chi connectivity index (χ1) is 15.0. The van der Waals surface area contributed by atoms with Crippen LogP contribution in [0.15, 0.2) is 83.7 Å². The van der Waals surface area contributed by atoms with Gasteiger partial charge in [-0.15, -0.1) is 0 Å². The number of H-pyrrole nitrogens is 1. The van der Waals surface area contributed by atoms with E-state index in [1.165, 1.54) is 5.56 Å². The second-order valence-electron chi connectivity index (χ2n) is 7.94. The van der Waals surface area contributed by atoms with Crippen LogP contribution in [-0.4, -0.2) is 17.4 Å². The highest BCUT2D eigenvalue weighted by molar-refractivity contribution is 5.87. The molecule has 2 N–H and O–H groups in total. The van der Waals surface area contributed by atoms with Crippen LogP contribution in [0.2, 0.25) is 0 Å². The van der Waals surface area contributed by atoms with E-state index in [1.807, 2.05) is 79.7 Å². The fraction of sp³-hybridized carbons (Fsp3) is 0.185. The van der Waals surface area contributed by atoms with E-state index >= 15 is 0 Å². The van der Waals surface area contributed by atoms with E-state index in [0.29, 0.717) is 18.5 Å². The van der Waals surface area contributed by atoms with Gasteiger partial charge in [0, 0.05) is 17.6 Å². The van der Waals surface area contributed by atoms with Gasteiger partial charge in [-0.3, -0.25) is 9.59 Å². The summed E-state index contributed by atoms with van der Waals surface area (Å²) in [5, 5.41) is 4.04. The van der Waals surface area contributed by atoms with E-state index in [-0.39, 0.29) is 17.4 Å². The van der Waals surface area contributed by atoms with Crippen molar-refractivity contribution in [3.63, 3.8) is 0 Å². The van der Waals surface area contributed by atoms with Crippen molar-refractivity contribution in [2.24, 2.45) is 0 Å². The van der Waals surface area contributed by atoms with Crippen molar-refractivity contribution in [2.75, 3.05) is 6.54 Å². The number of amides is 1. The van der Waals surface area contributed by atoms with Crippen molar-refractivity contribution in [1.82, 2.24) is 10.3 Å². The third-order valence-corrected chi connectivity index (χ3v) is 5.76. The molecule has 0 unspecified atom stereocenters. The predicted octanol–water partition coefficient (Wildman–Crippen LogP) is 4.64. The number of hydrogen-bond acceptors (Lipinski definition) is 2. The van der Waals surface area contributed by atoms with Gasteiger partial charge in [-0.25, -0.2) is 0 Å². The number of aromatic amines is 1. The summed E-state index contributed by atoms with van der Waals surface area (Å²) in [6, 6.07) is 25.5. The molecule has 0 aliphatic carbocycles. The maximum atomic E-state index is 13.1. The molecule has 0 fully saturated rings. The van der Waals surface area contributed by atoms with Crippen LogP contribution in [0.1, 0.15) is 33.7 Å². The number of carbonyl (C=O) groups is 1. The number of carbonyl (C=O) groups excluding carboxylic acids is 1. The zero-order chi connectivity index (χ0) is 21.8. The lowest BCUT2D eigenvalue weighted by atomic mass is 9.90. The van der Waals surface area contributed by atoms with Crippen molar-refractivity contribution in [1.29, 1.82) is 0 Å². The first kappa shape index (κ1) is 20.6. The first-order valence-corrected chi connectivity index (χ1v) is 10.5. The van der Waals surface area contributed by atoms with E-state index < -0.39 is 0 Å². The lowest BCUT2D eigenvalue weighted by Crippen LogP contribution is -2.32.